The molecule has 0 radical (unpaired) electrons. The number of hydrogen-bond acceptors (Lipinski definition) is 8. The highest BCUT2D eigenvalue weighted by atomic mass is 19.4. The highest BCUT2D eigenvalue weighted by molar-refractivity contribution is 6.12. The zero-order chi connectivity index (χ0) is 36.0. The molecule has 2 aromatic carbocycles. The average molecular weight is 703 g/mol. The lowest BCUT2D eigenvalue weighted by Crippen LogP contribution is -2.53. The van der Waals surface area contributed by atoms with Gasteiger partial charge in [0.05, 0.1) is 12.3 Å². The smallest absolute Gasteiger partial charge is 0.368 e. The van der Waals surface area contributed by atoms with Crippen LogP contribution in [0.5, 0.6) is 0 Å². The SMILES string of the molecule is N/N=C(\C1=C\C=CC/C(NC(=O)C2(C(F)(F)F)CCN(CC(=O)N3CCN(c4ccc(-c5ncccn5)cc4)CC3)C2)=C\C1)c1ccc(F)cc1. The van der Waals surface area contributed by atoms with Crippen LogP contribution in [0.3, 0.4) is 0 Å². The van der Waals surface area contributed by atoms with Crippen molar-refractivity contribution < 1.29 is 27.2 Å². The van der Waals surface area contributed by atoms with Crippen molar-refractivity contribution in [1.29, 1.82) is 0 Å². The molecule has 1 atom stereocenters. The Morgan fingerprint density at radius 1 is 0.941 bits per heavy atom. The fourth-order valence-electron chi connectivity index (χ4n) is 6.60. The van der Waals surface area contributed by atoms with Gasteiger partial charge in [0.1, 0.15) is 5.82 Å². The number of halogens is 4. The van der Waals surface area contributed by atoms with Gasteiger partial charge in [0.2, 0.25) is 11.8 Å². The van der Waals surface area contributed by atoms with E-state index in [0.29, 0.717) is 54.5 Å². The number of amides is 2. The summed E-state index contributed by atoms with van der Waals surface area (Å²) >= 11 is 0. The van der Waals surface area contributed by atoms with Crippen molar-refractivity contribution in [2.45, 2.75) is 25.4 Å². The molecule has 2 amide bonds. The first-order valence-electron chi connectivity index (χ1n) is 16.7. The molecule has 2 aliphatic heterocycles. The monoisotopic (exact) mass is 702 g/mol. The molecular formula is C37H38F4N8O2. The molecular weight excluding hydrogens is 664 g/mol. The standard InChI is InChI=1S/C37H38F4N8O2/c38-29-11-6-27(7-12-29)33(46-42)26-4-1-2-5-30(13-8-26)45-35(51)36(37(39,40)41)16-19-47(25-36)24-32(50)49-22-20-48(21-23-49)31-14-9-28(10-15-31)34-43-17-3-18-44-34/h1-4,6-7,9-15,17-18H,5,8,16,19-25,42H2,(H,45,51)/b2-1?,26-4+,30-13+,46-33+. The maximum atomic E-state index is 14.7. The molecule has 0 saturated carbocycles. The molecule has 3 aliphatic rings. The lowest BCUT2D eigenvalue weighted by atomic mass is 9.85. The number of likely N-dealkylation sites (tertiary alicyclic amines) is 1. The number of hydrazone groups is 1. The van der Waals surface area contributed by atoms with E-state index in [1.165, 1.54) is 29.2 Å². The van der Waals surface area contributed by atoms with E-state index in [1.807, 2.05) is 24.3 Å². The Bertz CT molecular complexity index is 1830. The first-order chi connectivity index (χ1) is 24.6. The van der Waals surface area contributed by atoms with E-state index >= 15 is 0 Å². The minimum absolute atomic E-state index is 0.0457. The second kappa shape index (κ2) is 15.3. The van der Waals surface area contributed by atoms with E-state index in [1.54, 1.807) is 47.7 Å². The fourth-order valence-corrected chi connectivity index (χ4v) is 6.60. The number of carbonyl (C=O) groups is 2. The number of alkyl halides is 3. The van der Waals surface area contributed by atoms with Crippen LogP contribution >= 0.6 is 0 Å². The van der Waals surface area contributed by atoms with Crippen LogP contribution in [0.4, 0.5) is 23.2 Å². The summed E-state index contributed by atoms with van der Waals surface area (Å²) in [4.78, 5) is 40.5. The molecule has 1 aromatic heterocycles. The van der Waals surface area contributed by atoms with Gasteiger partial charge in [0.25, 0.3) is 0 Å². The van der Waals surface area contributed by atoms with Gasteiger partial charge in [-0.15, -0.1) is 0 Å². The highest BCUT2D eigenvalue weighted by Crippen LogP contribution is 2.46. The van der Waals surface area contributed by atoms with E-state index in [9.17, 15) is 27.2 Å². The Morgan fingerprint density at radius 2 is 1.65 bits per heavy atom. The number of rotatable bonds is 8. The predicted octanol–water partition coefficient (Wildman–Crippen LogP) is 4.83. The summed E-state index contributed by atoms with van der Waals surface area (Å²) in [6.07, 6.45) is 5.31. The Labute approximate surface area is 293 Å². The summed E-state index contributed by atoms with van der Waals surface area (Å²) in [5.74, 6) is 4.44. The van der Waals surface area contributed by atoms with Gasteiger partial charge in [0.15, 0.2) is 11.2 Å². The number of hydrogen-bond donors (Lipinski definition) is 2. The Kier molecular flexibility index (Phi) is 10.6. The molecule has 51 heavy (non-hydrogen) atoms. The molecule has 14 heteroatoms. The van der Waals surface area contributed by atoms with Gasteiger partial charge in [-0.1, -0.05) is 24.3 Å². The summed E-state index contributed by atoms with van der Waals surface area (Å²) in [6, 6.07) is 15.2. The number of piperazine rings is 1. The van der Waals surface area contributed by atoms with Gasteiger partial charge in [-0.2, -0.15) is 18.3 Å². The van der Waals surface area contributed by atoms with Crippen molar-refractivity contribution in [2.24, 2.45) is 16.4 Å². The van der Waals surface area contributed by atoms with E-state index in [4.69, 9.17) is 5.84 Å². The number of benzene rings is 2. The van der Waals surface area contributed by atoms with Crippen LogP contribution < -0.4 is 16.1 Å². The molecule has 2 fully saturated rings. The van der Waals surface area contributed by atoms with Crippen LogP contribution in [0.25, 0.3) is 11.4 Å². The van der Waals surface area contributed by atoms with Crippen LogP contribution in [-0.4, -0.2) is 89.3 Å². The number of nitrogens with zero attached hydrogens (tertiary/aromatic N) is 6. The topological polar surface area (TPSA) is 120 Å². The van der Waals surface area contributed by atoms with E-state index in [2.05, 4.69) is 25.3 Å². The molecule has 3 heterocycles. The van der Waals surface area contributed by atoms with E-state index in [0.717, 1.165) is 11.3 Å². The fraction of sp³-hybridized carbons (Fsp3) is 0.324. The molecule has 266 valence electrons. The van der Waals surface area contributed by atoms with Gasteiger partial charge < -0.3 is 21.0 Å². The molecule has 3 N–H and O–H groups in total. The van der Waals surface area contributed by atoms with Crippen molar-refractivity contribution in [3.63, 3.8) is 0 Å². The molecule has 1 unspecified atom stereocenters. The van der Waals surface area contributed by atoms with Gasteiger partial charge in [0, 0.05) is 80.6 Å². The van der Waals surface area contributed by atoms with Gasteiger partial charge in [-0.3, -0.25) is 14.5 Å². The largest absolute Gasteiger partial charge is 0.404 e. The Morgan fingerprint density at radius 3 is 2.31 bits per heavy atom. The van der Waals surface area contributed by atoms with Crippen molar-refractivity contribution >= 4 is 23.2 Å². The molecule has 2 saturated heterocycles. The van der Waals surface area contributed by atoms with Crippen molar-refractivity contribution in [3.8, 4) is 11.4 Å². The normalized spacial score (nSPS) is 22.4. The maximum absolute atomic E-state index is 14.7. The lowest BCUT2D eigenvalue weighted by molar-refractivity contribution is -0.217. The zero-order valence-electron chi connectivity index (χ0n) is 27.8. The van der Waals surface area contributed by atoms with Crippen LogP contribution in [0, 0.1) is 11.2 Å². The lowest BCUT2D eigenvalue weighted by Gasteiger charge is -2.37. The molecule has 3 aromatic rings. The summed E-state index contributed by atoms with van der Waals surface area (Å²) in [5, 5.41) is 6.40. The summed E-state index contributed by atoms with van der Waals surface area (Å²) in [5.41, 5.74) is 1.11. The predicted molar refractivity (Wildman–Crippen MR) is 186 cm³/mol. The Balaban J connectivity index is 1.05. The first kappa shape index (κ1) is 35.5. The number of nitrogens with two attached hydrogens (primary N) is 1. The number of aromatic nitrogens is 2. The maximum Gasteiger partial charge on any atom is 0.404 e. The number of carbonyl (C=O) groups excluding carboxylic acids is 2. The average Bonchev–Trinajstić information content (AvgIpc) is 3.57. The van der Waals surface area contributed by atoms with Crippen LogP contribution in [0.1, 0.15) is 24.8 Å². The molecule has 10 nitrogen and oxygen atoms in total. The van der Waals surface area contributed by atoms with Crippen LogP contribution in [0.2, 0.25) is 0 Å². The van der Waals surface area contributed by atoms with Crippen molar-refractivity contribution in [1.82, 2.24) is 25.1 Å². The first-order valence-corrected chi connectivity index (χ1v) is 16.7. The summed E-state index contributed by atoms with van der Waals surface area (Å²) < 4.78 is 57.5. The summed E-state index contributed by atoms with van der Waals surface area (Å²) in [7, 11) is 0. The van der Waals surface area contributed by atoms with Crippen LogP contribution in [0.15, 0.2) is 108 Å². The third-order valence-electron chi connectivity index (χ3n) is 9.54. The zero-order valence-corrected chi connectivity index (χ0v) is 27.8. The molecule has 1 aliphatic carbocycles. The van der Waals surface area contributed by atoms with E-state index < -0.39 is 36.3 Å². The second-order valence-electron chi connectivity index (χ2n) is 12.7. The van der Waals surface area contributed by atoms with E-state index in [-0.39, 0.29) is 31.8 Å². The molecule has 0 spiro atoms. The minimum atomic E-state index is -4.84. The van der Waals surface area contributed by atoms with Gasteiger partial charge >= 0.3 is 6.18 Å². The molecule has 0 bridgehead atoms. The van der Waals surface area contributed by atoms with Crippen molar-refractivity contribution in [2.75, 3.05) is 50.7 Å². The minimum Gasteiger partial charge on any atom is -0.368 e. The number of anilines is 1. The second-order valence-corrected chi connectivity index (χ2v) is 12.7. The third kappa shape index (κ3) is 8.01. The highest BCUT2D eigenvalue weighted by Gasteiger charge is 2.63. The van der Waals surface area contributed by atoms with Crippen LogP contribution in [-0.2, 0) is 9.59 Å². The number of allylic oxidation sites excluding steroid dienone is 5. The quantitative estimate of drug-likeness (QED) is 0.150. The van der Waals surface area contributed by atoms with Crippen molar-refractivity contribution in [3.05, 3.63) is 114 Å². The number of nitrogens with one attached hydrogen (secondary N) is 1. The Hall–Kier alpha value is -5.37. The van der Waals surface area contributed by atoms with Gasteiger partial charge in [-0.05, 0) is 73.0 Å². The third-order valence-corrected chi connectivity index (χ3v) is 9.54. The molecule has 6 rings (SSSR count). The summed E-state index contributed by atoms with van der Waals surface area (Å²) in [6.45, 7) is 1.13. The van der Waals surface area contributed by atoms with Gasteiger partial charge in [-0.25, -0.2) is 14.4 Å².